The summed E-state index contributed by atoms with van der Waals surface area (Å²) < 4.78 is 35.1. The molecule has 5 heteroatoms. The normalized spacial score (nSPS) is 12.6. The largest absolute Gasteiger partial charge is 0.496 e. The van der Waals surface area contributed by atoms with Crippen molar-refractivity contribution in [1.29, 1.82) is 0 Å². The third-order valence-corrected chi connectivity index (χ3v) is 2.49. The molecule has 0 saturated heterocycles. The predicted octanol–water partition coefficient (Wildman–Crippen LogP) is 2.67. The molecule has 0 spiro atoms. The van der Waals surface area contributed by atoms with E-state index >= 15 is 0 Å². The van der Waals surface area contributed by atoms with Crippen LogP contribution in [0, 0.1) is 6.92 Å². The molecule has 0 aliphatic heterocycles. The Kier molecular flexibility index (Phi) is 4.69. The molecule has 1 aromatic carbocycles. The molecule has 0 aliphatic rings. The van der Waals surface area contributed by atoms with E-state index in [1.807, 2.05) is 6.92 Å². The average Bonchev–Trinajstić information content (AvgIpc) is 2.26. The van der Waals surface area contributed by atoms with Crippen LogP contribution in [0.4, 0.5) is 8.78 Å². The van der Waals surface area contributed by atoms with Crippen molar-refractivity contribution in [2.24, 2.45) is 5.73 Å². The lowest BCUT2D eigenvalue weighted by Crippen LogP contribution is -2.16. The van der Waals surface area contributed by atoms with Crippen LogP contribution < -0.4 is 15.2 Å². The van der Waals surface area contributed by atoms with Crippen LogP contribution in [-0.2, 0) is 0 Å². The maximum Gasteiger partial charge on any atom is 0.240 e. The van der Waals surface area contributed by atoms with Gasteiger partial charge in [-0.25, -0.2) is 8.78 Å². The third-order valence-electron chi connectivity index (χ3n) is 2.49. The van der Waals surface area contributed by atoms with E-state index in [-0.39, 0.29) is 0 Å². The molecule has 1 atom stereocenters. The molecule has 0 aliphatic carbocycles. The SMILES string of the molecule is COc1cc(C)cc(OC)c1[C@H](N)CC(F)F. The highest BCUT2D eigenvalue weighted by Gasteiger charge is 2.21. The van der Waals surface area contributed by atoms with Crippen LogP contribution in [0.25, 0.3) is 0 Å². The molecule has 96 valence electrons. The Morgan fingerprint density at radius 2 is 1.65 bits per heavy atom. The Labute approximate surface area is 99.5 Å². The maximum atomic E-state index is 12.4. The van der Waals surface area contributed by atoms with Crippen molar-refractivity contribution in [3.05, 3.63) is 23.3 Å². The summed E-state index contributed by atoms with van der Waals surface area (Å²) in [6.07, 6.45) is -2.88. The molecule has 0 heterocycles. The summed E-state index contributed by atoms with van der Waals surface area (Å²) in [5.74, 6) is 0.963. The van der Waals surface area contributed by atoms with E-state index in [0.29, 0.717) is 17.1 Å². The van der Waals surface area contributed by atoms with Crippen molar-refractivity contribution in [1.82, 2.24) is 0 Å². The zero-order valence-corrected chi connectivity index (χ0v) is 10.2. The zero-order valence-electron chi connectivity index (χ0n) is 10.2. The van der Waals surface area contributed by atoms with Crippen molar-refractivity contribution in [2.45, 2.75) is 25.8 Å². The summed E-state index contributed by atoms with van der Waals surface area (Å²) in [5, 5.41) is 0. The number of nitrogens with two attached hydrogens (primary N) is 1. The van der Waals surface area contributed by atoms with Gasteiger partial charge in [0.25, 0.3) is 0 Å². The van der Waals surface area contributed by atoms with Gasteiger partial charge in [-0.2, -0.15) is 0 Å². The topological polar surface area (TPSA) is 44.5 Å². The number of hydrogen-bond acceptors (Lipinski definition) is 3. The number of methoxy groups -OCH3 is 2. The number of benzene rings is 1. The molecule has 1 aromatic rings. The van der Waals surface area contributed by atoms with Gasteiger partial charge in [0.1, 0.15) is 11.5 Å². The van der Waals surface area contributed by atoms with E-state index in [0.717, 1.165) is 5.56 Å². The fraction of sp³-hybridized carbons (Fsp3) is 0.500. The van der Waals surface area contributed by atoms with Crippen molar-refractivity contribution in [3.8, 4) is 11.5 Å². The first kappa shape index (κ1) is 13.7. The van der Waals surface area contributed by atoms with E-state index in [9.17, 15) is 8.78 Å². The second kappa shape index (κ2) is 5.82. The van der Waals surface area contributed by atoms with Gasteiger partial charge in [-0.1, -0.05) is 0 Å². The van der Waals surface area contributed by atoms with Gasteiger partial charge in [0.15, 0.2) is 0 Å². The van der Waals surface area contributed by atoms with Gasteiger partial charge in [-0.15, -0.1) is 0 Å². The van der Waals surface area contributed by atoms with Crippen LogP contribution in [0.3, 0.4) is 0 Å². The lowest BCUT2D eigenvalue weighted by Gasteiger charge is -2.19. The smallest absolute Gasteiger partial charge is 0.240 e. The van der Waals surface area contributed by atoms with Crippen LogP contribution in [0.1, 0.15) is 23.6 Å². The highest BCUT2D eigenvalue weighted by molar-refractivity contribution is 5.49. The van der Waals surface area contributed by atoms with Gasteiger partial charge >= 0.3 is 0 Å². The highest BCUT2D eigenvalue weighted by atomic mass is 19.3. The first-order chi connectivity index (χ1) is 7.99. The van der Waals surface area contributed by atoms with Crippen molar-refractivity contribution >= 4 is 0 Å². The van der Waals surface area contributed by atoms with Crippen LogP contribution in [0.15, 0.2) is 12.1 Å². The molecule has 0 saturated carbocycles. The number of ether oxygens (including phenoxy) is 2. The minimum atomic E-state index is -2.46. The van der Waals surface area contributed by atoms with E-state index in [1.54, 1.807) is 12.1 Å². The van der Waals surface area contributed by atoms with Crippen molar-refractivity contribution in [3.63, 3.8) is 0 Å². The molecule has 2 N–H and O–H groups in total. The number of rotatable bonds is 5. The second-order valence-electron chi connectivity index (χ2n) is 3.82. The standard InChI is InChI=1S/C12H17F2NO2/c1-7-4-9(16-2)12(10(5-7)17-3)8(15)6-11(13)14/h4-5,8,11H,6,15H2,1-3H3/t8-/m1/s1. The van der Waals surface area contributed by atoms with E-state index < -0.39 is 18.9 Å². The van der Waals surface area contributed by atoms with Crippen LogP contribution >= 0.6 is 0 Å². The van der Waals surface area contributed by atoms with E-state index in [4.69, 9.17) is 15.2 Å². The quantitative estimate of drug-likeness (QED) is 0.867. The minimum absolute atomic E-state index is 0.421. The number of halogens is 2. The molecule has 0 aromatic heterocycles. The summed E-state index contributed by atoms with van der Waals surface area (Å²) >= 11 is 0. The molecule has 17 heavy (non-hydrogen) atoms. The molecule has 1 rings (SSSR count). The van der Waals surface area contributed by atoms with Gasteiger partial charge in [0, 0.05) is 12.5 Å². The highest BCUT2D eigenvalue weighted by Crippen LogP contribution is 2.36. The van der Waals surface area contributed by atoms with Crippen molar-refractivity contribution < 1.29 is 18.3 Å². The average molecular weight is 245 g/mol. The van der Waals surface area contributed by atoms with Crippen LogP contribution in [-0.4, -0.2) is 20.6 Å². The Hall–Kier alpha value is -1.36. The van der Waals surface area contributed by atoms with Gasteiger partial charge in [-0.05, 0) is 24.6 Å². The van der Waals surface area contributed by atoms with Crippen LogP contribution in [0.2, 0.25) is 0 Å². The van der Waals surface area contributed by atoms with Gasteiger partial charge in [-0.3, -0.25) is 0 Å². The fourth-order valence-corrected chi connectivity index (χ4v) is 1.75. The monoisotopic (exact) mass is 245 g/mol. The Bertz CT molecular complexity index is 358. The number of alkyl halides is 2. The molecule has 0 radical (unpaired) electrons. The van der Waals surface area contributed by atoms with E-state index in [1.165, 1.54) is 14.2 Å². The number of hydrogen-bond donors (Lipinski definition) is 1. The lowest BCUT2D eigenvalue weighted by atomic mass is 10.0. The first-order valence-electron chi connectivity index (χ1n) is 5.25. The molecule has 0 bridgehead atoms. The summed E-state index contributed by atoms with van der Waals surface area (Å²) in [6, 6.07) is 2.70. The molecule has 3 nitrogen and oxygen atoms in total. The Balaban J connectivity index is 3.18. The summed E-state index contributed by atoms with van der Waals surface area (Å²) in [6.45, 7) is 1.87. The molecule has 0 amide bonds. The second-order valence-corrected chi connectivity index (χ2v) is 3.82. The first-order valence-corrected chi connectivity index (χ1v) is 5.25. The van der Waals surface area contributed by atoms with Gasteiger partial charge in [0.05, 0.1) is 19.8 Å². The zero-order chi connectivity index (χ0) is 13.0. The molecule has 0 unspecified atom stereocenters. The maximum absolute atomic E-state index is 12.4. The predicted molar refractivity (Wildman–Crippen MR) is 61.8 cm³/mol. The third kappa shape index (κ3) is 3.30. The fourth-order valence-electron chi connectivity index (χ4n) is 1.75. The summed E-state index contributed by atoms with van der Waals surface area (Å²) in [5.41, 5.74) is 7.17. The van der Waals surface area contributed by atoms with Crippen molar-refractivity contribution in [2.75, 3.05) is 14.2 Å². The lowest BCUT2D eigenvalue weighted by molar-refractivity contribution is 0.127. The molecular weight excluding hydrogens is 228 g/mol. The van der Waals surface area contributed by atoms with Gasteiger partial charge in [0.2, 0.25) is 6.43 Å². The summed E-state index contributed by atoms with van der Waals surface area (Å²) in [4.78, 5) is 0. The molecule has 0 fully saturated rings. The van der Waals surface area contributed by atoms with Crippen LogP contribution in [0.5, 0.6) is 11.5 Å². The minimum Gasteiger partial charge on any atom is -0.496 e. The Morgan fingerprint density at radius 1 is 1.18 bits per heavy atom. The van der Waals surface area contributed by atoms with E-state index in [2.05, 4.69) is 0 Å². The summed E-state index contributed by atoms with van der Waals surface area (Å²) in [7, 11) is 2.96. The molecular formula is C12H17F2NO2. The number of aryl methyl sites for hydroxylation is 1. The van der Waals surface area contributed by atoms with Gasteiger partial charge < -0.3 is 15.2 Å². The Morgan fingerprint density at radius 3 is 2.00 bits per heavy atom.